The van der Waals surface area contributed by atoms with Gasteiger partial charge in [0.1, 0.15) is 0 Å². The van der Waals surface area contributed by atoms with Gasteiger partial charge in [-0.25, -0.2) is 0 Å². The SMILES string of the molecule is C/C=C/CCC(C)CCOC(=O)CCCCCCCC(C)(C)CC. The first kappa shape index (κ1) is 23.2. The van der Waals surface area contributed by atoms with Crippen LogP contribution in [0.5, 0.6) is 0 Å². The van der Waals surface area contributed by atoms with Crippen molar-refractivity contribution < 1.29 is 9.53 Å². The molecule has 0 rings (SSSR count). The zero-order valence-corrected chi connectivity index (χ0v) is 17.0. The van der Waals surface area contributed by atoms with E-state index >= 15 is 0 Å². The Morgan fingerprint density at radius 3 is 2.42 bits per heavy atom. The maximum Gasteiger partial charge on any atom is 0.305 e. The molecule has 0 amide bonds. The molecule has 0 aromatic heterocycles. The van der Waals surface area contributed by atoms with Crippen LogP contribution in [0.4, 0.5) is 0 Å². The van der Waals surface area contributed by atoms with Gasteiger partial charge in [0, 0.05) is 6.42 Å². The maximum absolute atomic E-state index is 11.7. The summed E-state index contributed by atoms with van der Waals surface area (Å²) in [7, 11) is 0. The Morgan fingerprint density at radius 1 is 1.08 bits per heavy atom. The van der Waals surface area contributed by atoms with Crippen LogP contribution in [-0.2, 0) is 9.53 Å². The van der Waals surface area contributed by atoms with Crippen LogP contribution >= 0.6 is 0 Å². The Bertz CT molecular complexity index is 331. The van der Waals surface area contributed by atoms with E-state index in [4.69, 9.17) is 4.74 Å². The number of esters is 1. The Balaban J connectivity index is 3.44. The van der Waals surface area contributed by atoms with E-state index in [9.17, 15) is 4.79 Å². The summed E-state index contributed by atoms with van der Waals surface area (Å²) in [5, 5.41) is 0. The smallest absolute Gasteiger partial charge is 0.305 e. The lowest BCUT2D eigenvalue weighted by atomic mass is 9.84. The fraction of sp³-hybridized carbons (Fsp3) is 0.864. The van der Waals surface area contributed by atoms with Gasteiger partial charge >= 0.3 is 5.97 Å². The number of carbonyl (C=O) groups excluding carboxylic acids is 1. The molecule has 0 bridgehead atoms. The van der Waals surface area contributed by atoms with Crippen LogP contribution in [0.3, 0.4) is 0 Å². The van der Waals surface area contributed by atoms with Crippen LogP contribution in [-0.4, -0.2) is 12.6 Å². The summed E-state index contributed by atoms with van der Waals surface area (Å²) < 4.78 is 5.35. The van der Waals surface area contributed by atoms with Gasteiger partial charge in [-0.2, -0.15) is 0 Å². The highest BCUT2D eigenvalue weighted by molar-refractivity contribution is 5.69. The number of ether oxygens (including phenoxy) is 1. The molecule has 0 N–H and O–H groups in total. The minimum absolute atomic E-state index is 0.0113. The fourth-order valence-electron chi connectivity index (χ4n) is 2.72. The van der Waals surface area contributed by atoms with Crippen LogP contribution in [0.2, 0.25) is 0 Å². The summed E-state index contributed by atoms with van der Waals surface area (Å²) in [6.45, 7) is 11.8. The number of hydrogen-bond acceptors (Lipinski definition) is 2. The topological polar surface area (TPSA) is 26.3 Å². The third kappa shape index (κ3) is 14.8. The van der Waals surface area contributed by atoms with Crippen molar-refractivity contribution in [3.8, 4) is 0 Å². The molecule has 0 aromatic rings. The quantitative estimate of drug-likeness (QED) is 0.181. The standard InChI is InChI=1S/C22H42O2/c1-6-8-12-15-20(3)17-19-24-21(23)16-13-10-9-11-14-18-22(4,5)7-2/h6,8,20H,7,9-19H2,1-5H3/b8-6+. The molecule has 2 heteroatoms. The first-order chi connectivity index (χ1) is 11.4. The highest BCUT2D eigenvalue weighted by Gasteiger charge is 2.13. The average molecular weight is 339 g/mol. The van der Waals surface area contributed by atoms with Crippen LogP contribution in [0, 0.1) is 11.3 Å². The predicted octanol–water partition coefficient (Wildman–Crippen LogP) is 7.08. The van der Waals surface area contributed by atoms with Crippen molar-refractivity contribution in [2.75, 3.05) is 6.61 Å². The van der Waals surface area contributed by atoms with Crippen molar-refractivity contribution in [2.45, 2.75) is 105 Å². The third-order valence-corrected chi connectivity index (χ3v) is 5.13. The van der Waals surface area contributed by atoms with Gasteiger partial charge in [-0.1, -0.05) is 72.0 Å². The summed E-state index contributed by atoms with van der Waals surface area (Å²) in [5.74, 6) is 0.615. The first-order valence-electron chi connectivity index (χ1n) is 10.2. The molecule has 0 aliphatic heterocycles. The van der Waals surface area contributed by atoms with Crippen LogP contribution in [0.25, 0.3) is 0 Å². The van der Waals surface area contributed by atoms with Crippen molar-refractivity contribution in [1.82, 2.24) is 0 Å². The largest absolute Gasteiger partial charge is 0.466 e. The summed E-state index contributed by atoms with van der Waals surface area (Å²) >= 11 is 0. The molecule has 0 spiro atoms. The highest BCUT2D eigenvalue weighted by atomic mass is 16.5. The lowest BCUT2D eigenvalue weighted by Gasteiger charge is -2.22. The molecule has 0 aromatic carbocycles. The van der Waals surface area contributed by atoms with Crippen molar-refractivity contribution >= 4 is 5.97 Å². The first-order valence-corrected chi connectivity index (χ1v) is 10.2. The minimum atomic E-state index is -0.0113. The van der Waals surface area contributed by atoms with E-state index in [0.717, 1.165) is 25.7 Å². The Labute approximate surface area is 151 Å². The number of allylic oxidation sites excluding steroid dienone is 2. The van der Waals surface area contributed by atoms with Crippen LogP contribution in [0.1, 0.15) is 105 Å². The molecule has 0 aliphatic carbocycles. The monoisotopic (exact) mass is 338 g/mol. The summed E-state index contributed by atoms with van der Waals surface area (Å²) in [4.78, 5) is 11.7. The molecule has 142 valence electrons. The van der Waals surface area contributed by atoms with Gasteiger partial charge in [-0.15, -0.1) is 0 Å². The van der Waals surface area contributed by atoms with E-state index < -0.39 is 0 Å². The van der Waals surface area contributed by atoms with E-state index in [0.29, 0.717) is 24.4 Å². The molecule has 0 fully saturated rings. The van der Waals surface area contributed by atoms with E-state index in [2.05, 4.69) is 46.8 Å². The molecular weight excluding hydrogens is 296 g/mol. The van der Waals surface area contributed by atoms with Gasteiger partial charge in [0.2, 0.25) is 0 Å². The second-order valence-electron chi connectivity index (χ2n) is 8.05. The lowest BCUT2D eigenvalue weighted by molar-refractivity contribution is -0.144. The minimum Gasteiger partial charge on any atom is -0.466 e. The Morgan fingerprint density at radius 2 is 1.75 bits per heavy atom. The van der Waals surface area contributed by atoms with Crippen molar-refractivity contribution in [1.29, 1.82) is 0 Å². The molecule has 0 saturated carbocycles. The maximum atomic E-state index is 11.7. The number of hydrogen-bond donors (Lipinski definition) is 0. The van der Waals surface area contributed by atoms with Gasteiger partial charge in [0.15, 0.2) is 0 Å². The molecular formula is C22H42O2. The Hall–Kier alpha value is -0.790. The molecule has 2 nitrogen and oxygen atoms in total. The van der Waals surface area contributed by atoms with E-state index in [1.54, 1.807) is 0 Å². The van der Waals surface area contributed by atoms with Crippen LogP contribution in [0.15, 0.2) is 12.2 Å². The molecule has 1 unspecified atom stereocenters. The molecule has 0 heterocycles. The number of carbonyl (C=O) groups is 1. The predicted molar refractivity (Wildman–Crippen MR) is 105 cm³/mol. The van der Waals surface area contributed by atoms with E-state index in [-0.39, 0.29) is 5.97 Å². The lowest BCUT2D eigenvalue weighted by Crippen LogP contribution is -2.09. The zero-order chi connectivity index (χ0) is 18.3. The molecule has 0 aliphatic rings. The second kappa shape index (κ2) is 14.5. The van der Waals surface area contributed by atoms with Crippen molar-refractivity contribution in [3.05, 3.63) is 12.2 Å². The third-order valence-electron chi connectivity index (χ3n) is 5.13. The average Bonchev–Trinajstić information content (AvgIpc) is 2.54. The van der Waals surface area contributed by atoms with Crippen LogP contribution < -0.4 is 0 Å². The van der Waals surface area contributed by atoms with Gasteiger partial charge in [0.25, 0.3) is 0 Å². The highest BCUT2D eigenvalue weighted by Crippen LogP contribution is 2.27. The molecule has 24 heavy (non-hydrogen) atoms. The van der Waals surface area contributed by atoms with Crippen molar-refractivity contribution in [3.63, 3.8) is 0 Å². The van der Waals surface area contributed by atoms with Gasteiger partial charge in [-0.3, -0.25) is 4.79 Å². The number of unbranched alkanes of at least 4 members (excludes halogenated alkanes) is 4. The normalized spacial score (nSPS) is 13.4. The van der Waals surface area contributed by atoms with E-state index in [1.165, 1.54) is 38.5 Å². The van der Waals surface area contributed by atoms with Gasteiger partial charge < -0.3 is 4.74 Å². The fourth-order valence-corrected chi connectivity index (χ4v) is 2.72. The van der Waals surface area contributed by atoms with Gasteiger partial charge in [0.05, 0.1) is 6.61 Å². The second-order valence-corrected chi connectivity index (χ2v) is 8.05. The Kier molecular flexibility index (Phi) is 14.1. The zero-order valence-electron chi connectivity index (χ0n) is 17.0. The summed E-state index contributed by atoms with van der Waals surface area (Å²) in [6, 6.07) is 0. The summed E-state index contributed by atoms with van der Waals surface area (Å²) in [6.07, 6.45) is 16.7. The van der Waals surface area contributed by atoms with Crippen molar-refractivity contribution in [2.24, 2.45) is 11.3 Å². The molecule has 1 atom stereocenters. The summed E-state index contributed by atoms with van der Waals surface area (Å²) in [5.41, 5.74) is 0.494. The van der Waals surface area contributed by atoms with Gasteiger partial charge in [-0.05, 0) is 50.4 Å². The number of rotatable bonds is 15. The molecule has 0 saturated heterocycles. The molecule has 0 radical (unpaired) electrons. The van der Waals surface area contributed by atoms with E-state index in [1.807, 2.05) is 0 Å².